The van der Waals surface area contributed by atoms with Gasteiger partial charge in [0.05, 0.1) is 16.3 Å². The summed E-state index contributed by atoms with van der Waals surface area (Å²) in [7, 11) is -3.70. The molecule has 0 amide bonds. The lowest BCUT2D eigenvalue weighted by atomic mass is 10.1. The van der Waals surface area contributed by atoms with Gasteiger partial charge in [-0.1, -0.05) is 30.3 Å². The van der Waals surface area contributed by atoms with E-state index in [4.69, 9.17) is 11.6 Å². The summed E-state index contributed by atoms with van der Waals surface area (Å²) in [4.78, 5) is 11.9. The highest BCUT2D eigenvalue weighted by molar-refractivity contribution is 7.90. The van der Waals surface area contributed by atoms with E-state index in [0.29, 0.717) is 11.1 Å². The standard InChI is InChI=1S/C16H12ClNO3S/c17-11-16(19)13-7-6-12-8-9-18(15(12)10-13)22(20,21)14-4-2-1-3-5-14/h1-10H,11H2. The molecule has 3 aromatic rings. The van der Waals surface area contributed by atoms with E-state index in [-0.39, 0.29) is 16.6 Å². The fraction of sp³-hybridized carbons (Fsp3) is 0.0625. The lowest BCUT2D eigenvalue weighted by Gasteiger charge is -2.08. The number of Topliss-reactive ketones (excluding diaryl/α,β-unsaturated/α-hetero) is 1. The lowest BCUT2D eigenvalue weighted by Crippen LogP contribution is -2.12. The van der Waals surface area contributed by atoms with E-state index < -0.39 is 10.0 Å². The Morgan fingerprint density at radius 2 is 1.77 bits per heavy atom. The van der Waals surface area contributed by atoms with Crippen LogP contribution in [0, 0.1) is 0 Å². The SMILES string of the molecule is O=C(CCl)c1ccc2ccn(S(=O)(=O)c3ccccc3)c2c1. The number of carbonyl (C=O) groups is 1. The third kappa shape index (κ3) is 2.42. The van der Waals surface area contributed by atoms with E-state index in [0.717, 1.165) is 5.39 Å². The molecule has 6 heteroatoms. The molecule has 22 heavy (non-hydrogen) atoms. The maximum absolute atomic E-state index is 12.7. The van der Waals surface area contributed by atoms with Gasteiger partial charge in [0, 0.05) is 17.1 Å². The van der Waals surface area contributed by atoms with Crippen molar-refractivity contribution in [1.29, 1.82) is 0 Å². The number of benzene rings is 2. The van der Waals surface area contributed by atoms with Gasteiger partial charge in [-0.05, 0) is 24.3 Å². The number of carbonyl (C=O) groups excluding carboxylic acids is 1. The average molecular weight is 334 g/mol. The highest BCUT2D eigenvalue weighted by atomic mass is 35.5. The van der Waals surface area contributed by atoms with Crippen LogP contribution in [0.25, 0.3) is 10.9 Å². The van der Waals surface area contributed by atoms with Crippen LogP contribution in [-0.2, 0) is 10.0 Å². The summed E-state index contributed by atoms with van der Waals surface area (Å²) in [5, 5.41) is 0.741. The Bertz CT molecular complexity index is 946. The van der Waals surface area contributed by atoms with Crippen LogP contribution in [0.4, 0.5) is 0 Å². The van der Waals surface area contributed by atoms with E-state index in [1.807, 2.05) is 0 Å². The fourth-order valence-corrected chi connectivity index (χ4v) is 3.79. The molecule has 4 nitrogen and oxygen atoms in total. The van der Waals surface area contributed by atoms with Gasteiger partial charge in [0.25, 0.3) is 10.0 Å². The van der Waals surface area contributed by atoms with Crippen molar-refractivity contribution in [2.45, 2.75) is 4.90 Å². The number of nitrogens with zero attached hydrogens (tertiary/aromatic N) is 1. The van der Waals surface area contributed by atoms with Crippen LogP contribution in [0.3, 0.4) is 0 Å². The molecule has 0 aliphatic heterocycles. The van der Waals surface area contributed by atoms with Gasteiger partial charge in [0.1, 0.15) is 0 Å². The number of aromatic nitrogens is 1. The second-order valence-electron chi connectivity index (χ2n) is 4.76. The third-order valence-corrected chi connectivity index (χ3v) is 5.35. The average Bonchev–Trinajstić information content (AvgIpc) is 2.98. The van der Waals surface area contributed by atoms with Crippen LogP contribution < -0.4 is 0 Å². The Labute approximate surface area is 133 Å². The monoisotopic (exact) mass is 333 g/mol. The molecule has 0 aliphatic carbocycles. The Kier molecular flexibility index (Phi) is 3.76. The van der Waals surface area contributed by atoms with Crippen LogP contribution in [-0.4, -0.2) is 24.1 Å². The molecule has 112 valence electrons. The molecule has 0 radical (unpaired) electrons. The summed E-state index contributed by atoms with van der Waals surface area (Å²) in [6.45, 7) is 0. The van der Waals surface area contributed by atoms with E-state index in [1.54, 1.807) is 42.5 Å². The second kappa shape index (κ2) is 5.59. The second-order valence-corrected chi connectivity index (χ2v) is 6.84. The predicted octanol–water partition coefficient (Wildman–Crippen LogP) is 3.30. The Morgan fingerprint density at radius 1 is 1.05 bits per heavy atom. The van der Waals surface area contributed by atoms with Gasteiger partial charge < -0.3 is 0 Å². The van der Waals surface area contributed by atoms with Crippen LogP contribution in [0.5, 0.6) is 0 Å². The van der Waals surface area contributed by atoms with E-state index in [9.17, 15) is 13.2 Å². The Hall–Kier alpha value is -2.11. The maximum atomic E-state index is 12.7. The maximum Gasteiger partial charge on any atom is 0.268 e. The predicted molar refractivity (Wildman–Crippen MR) is 86.0 cm³/mol. The Morgan fingerprint density at radius 3 is 2.45 bits per heavy atom. The van der Waals surface area contributed by atoms with Gasteiger partial charge in [-0.3, -0.25) is 4.79 Å². The first kappa shape index (κ1) is 14.8. The summed E-state index contributed by atoms with van der Waals surface area (Å²) in [5.74, 6) is -0.383. The minimum Gasteiger partial charge on any atom is -0.293 e. The zero-order valence-corrected chi connectivity index (χ0v) is 13.0. The van der Waals surface area contributed by atoms with Crippen molar-refractivity contribution in [3.8, 4) is 0 Å². The largest absolute Gasteiger partial charge is 0.293 e. The van der Waals surface area contributed by atoms with Gasteiger partial charge in [0.2, 0.25) is 0 Å². The lowest BCUT2D eigenvalue weighted by molar-refractivity contribution is 0.102. The molecule has 0 atom stereocenters. The van der Waals surface area contributed by atoms with Crippen LogP contribution in [0.15, 0.2) is 65.7 Å². The highest BCUT2D eigenvalue weighted by Crippen LogP contribution is 2.23. The normalized spacial score (nSPS) is 11.7. The molecule has 0 spiro atoms. The van der Waals surface area contributed by atoms with Crippen molar-refractivity contribution in [2.24, 2.45) is 0 Å². The van der Waals surface area contributed by atoms with E-state index in [1.165, 1.54) is 22.3 Å². The first-order chi connectivity index (χ1) is 10.5. The molecule has 1 aromatic heterocycles. The van der Waals surface area contributed by atoms with Crippen molar-refractivity contribution in [3.63, 3.8) is 0 Å². The van der Waals surface area contributed by atoms with Crippen LogP contribution in [0.2, 0.25) is 0 Å². The number of fused-ring (bicyclic) bond motifs is 1. The molecule has 0 bridgehead atoms. The molecule has 2 aromatic carbocycles. The van der Waals surface area contributed by atoms with Crippen molar-refractivity contribution in [2.75, 3.05) is 5.88 Å². The van der Waals surface area contributed by atoms with Gasteiger partial charge in [-0.25, -0.2) is 12.4 Å². The smallest absolute Gasteiger partial charge is 0.268 e. The molecule has 0 unspecified atom stereocenters. The van der Waals surface area contributed by atoms with E-state index >= 15 is 0 Å². The van der Waals surface area contributed by atoms with Crippen LogP contribution >= 0.6 is 11.6 Å². The van der Waals surface area contributed by atoms with E-state index in [2.05, 4.69) is 0 Å². The number of alkyl halides is 1. The summed E-state index contributed by atoms with van der Waals surface area (Å²) in [6, 6.07) is 14.8. The Balaban J connectivity index is 2.21. The van der Waals surface area contributed by atoms with Gasteiger partial charge in [0.15, 0.2) is 5.78 Å². The highest BCUT2D eigenvalue weighted by Gasteiger charge is 2.19. The van der Waals surface area contributed by atoms with Crippen molar-refractivity contribution in [1.82, 2.24) is 3.97 Å². The minimum absolute atomic E-state index is 0.141. The van der Waals surface area contributed by atoms with Gasteiger partial charge >= 0.3 is 0 Å². The van der Waals surface area contributed by atoms with Crippen molar-refractivity contribution >= 4 is 38.3 Å². The first-order valence-corrected chi connectivity index (χ1v) is 8.52. The minimum atomic E-state index is -3.70. The quantitative estimate of drug-likeness (QED) is 0.543. The summed E-state index contributed by atoms with van der Waals surface area (Å²) in [6.07, 6.45) is 1.49. The number of ketones is 1. The number of hydrogen-bond donors (Lipinski definition) is 0. The topological polar surface area (TPSA) is 56.1 Å². The summed E-state index contributed by atoms with van der Waals surface area (Å²) < 4.78 is 26.6. The molecular formula is C16H12ClNO3S. The zero-order valence-electron chi connectivity index (χ0n) is 11.4. The third-order valence-electron chi connectivity index (χ3n) is 3.40. The number of halogens is 1. The number of hydrogen-bond acceptors (Lipinski definition) is 3. The molecule has 0 saturated heterocycles. The van der Waals surface area contributed by atoms with Crippen molar-refractivity contribution < 1.29 is 13.2 Å². The molecular weight excluding hydrogens is 322 g/mol. The van der Waals surface area contributed by atoms with Gasteiger partial charge in [-0.2, -0.15) is 0 Å². The summed E-state index contributed by atoms with van der Waals surface area (Å²) >= 11 is 5.56. The first-order valence-electron chi connectivity index (χ1n) is 6.55. The molecule has 0 N–H and O–H groups in total. The molecule has 0 fully saturated rings. The van der Waals surface area contributed by atoms with Crippen molar-refractivity contribution in [3.05, 3.63) is 66.4 Å². The fourth-order valence-electron chi connectivity index (χ4n) is 2.27. The number of rotatable bonds is 4. The molecule has 3 rings (SSSR count). The molecule has 1 heterocycles. The molecule has 0 aliphatic rings. The van der Waals surface area contributed by atoms with Gasteiger partial charge in [-0.15, -0.1) is 11.6 Å². The summed E-state index contributed by atoms with van der Waals surface area (Å²) in [5.41, 5.74) is 0.852. The van der Waals surface area contributed by atoms with Crippen LogP contribution in [0.1, 0.15) is 10.4 Å². The molecule has 0 saturated carbocycles. The zero-order chi connectivity index (χ0) is 15.7.